The van der Waals surface area contributed by atoms with Crippen molar-refractivity contribution in [3.05, 3.63) is 11.9 Å². The first-order valence-electron chi connectivity index (χ1n) is 8.55. The zero-order valence-electron chi connectivity index (χ0n) is 14.3. The van der Waals surface area contributed by atoms with Gasteiger partial charge < -0.3 is 10.2 Å². The molecule has 0 amide bonds. The second-order valence-electron chi connectivity index (χ2n) is 5.73. The summed E-state index contributed by atoms with van der Waals surface area (Å²) in [5.41, 5.74) is 1.03. The van der Waals surface area contributed by atoms with E-state index >= 15 is 0 Å². The average molecular weight is 295 g/mol. The lowest BCUT2D eigenvalue weighted by atomic mass is 10.0. The quantitative estimate of drug-likeness (QED) is 0.602. The van der Waals surface area contributed by atoms with E-state index in [0.29, 0.717) is 0 Å². The fourth-order valence-electron chi connectivity index (χ4n) is 2.46. The standard InChI is InChI=1S/C16H33N5/c1-5-9-17-12-16-14-21(19-18-16)11-10-20(8-4)13-15(6-2)7-3/h14-15,17H,5-13H2,1-4H3. The number of hydrogen-bond acceptors (Lipinski definition) is 4. The Kier molecular flexibility index (Phi) is 9.26. The highest BCUT2D eigenvalue weighted by Crippen LogP contribution is 2.09. The smallest absolute Gasteiger partial charge is 0.0964 e. The van der Waals surface area contributed by atoms with Crippen molar-refractivity contribution in [1.82, 2.24) is 25.2 Å². The molecule has 0 spiro atoms. The Bertz CT molecular complexity index is 359. The molecule has 0 aromatic carbocycles. The number of likely N-dealkylation sites (N-methyl/N-ethyl adjacent to an activating group) is 1. The number of nitrogens with zero attached hydrogens (tertiary/aromatic N) is 4. The van der Waals surface area contributed by atoms with Gasteiger partial charge >= 0.3 is 0 Å². The molecule has 1 aromatic heterocycles. The van der Waals surface area contributed by atoms with Gasteiger partial charge in [-0.15, -0.1) is 5.10 Å². The molecule has 1 N–H and O–H groups in total. The fraction of sp³-hybridized carbons (Fsp3) is 0.875. The largest absolute Gasteiger partial charge is 0.311 e. The van der Waals surface area contributed by atoms with Crippen LogP contribution in [0.4, 0.5) is 0 Å². The Morgan fingerprint density at radius 2 is 2.00 bits per heavy atom. The van der Waals surface area contributed by atoms with E-state index in [9.17, 15) is 0 Å². The molecule has 0 radical (unpaired) electrons. The van der Waals surface area contributed by atoms with E-state index in [2.05, 4.69) is 54.4 Å². The maximum atomic E-state index is 4.22. The highest BCUT2D eigenvalue weighted by molar-refractivity contribution is 4.91. The minimum atomic E-state index is 0.814. The lowest BCUT2D eigenvalue weighted by Gasteiger charge is -2.24. The van der Waals surface area contributed by atoms with Crippen LogP contribution in [0.5, 0.6) is 0 Å². The normalized spacial score (nSPS) is 11.7. The summed E-state index contributed by atoms with van der Waals surface area (Å²) < 4.78 is 1.97. The molecule has 0 saturated carbocycles. The van der Waals surface area contributed by atoms with Gasteiger partial charge in [0.1, 0.15) is 0 Å². The monoisotopic (exact) mass is 295 g/mol. The topological polar surface area (TPSA) is 46.0 Å². The predicted octanol–water partition coefficient (Wildman–Crippen LogP) is 2.54. The van der Waals surface area contributed by atoms with Gasteiger partial charge in [-0.3, -0.25) is 4.68 Å². The van der Waals surface area contributed by atoms with Crippen LogP contribution in [0.1, 0.15) is 52.7 Å². The molecule has 1 rings (SSSR count). The molecule has 0 unspecified atom stereocenters. The summed E-state index contributed by atoms with van der Waals surface area (Å²) in [4.78, 5) is 2.52. The third kappa shape index (κ3) is 7.05. The highest BCUT2D eigenvalue weighted by atomic mass is 15.4. The zero-order valence-corrected chi connectivity index (χ0v) is 14.3. The van der Waals surface area contributed by atoms with Crippen molar-refractivity contribution >= 4 is 0 Å². The van der Waals surface area contributed by atoms with E-state index in [1.807, 2.05) is 4.68 Å². The summed E-state index contributed by atoms with van der Waals surface area (Å²) in [5.74, 6) is 0.814. The third-order valence-corrected chi connectivity index (χ3v) is 4.08. The van der Waals surface area contributed by atoms with Gasteiger partial charge in [0.2, 0.25) is 0 Å². The Labute approximate surface area is 130 Å². The van der Waals surface area contributed by atoms with E-state index < -0.39 is 0 Å². The molecule has 0 aliphatic carbocycles. The van der Waals surface area contributed by atoms with Crippen LogP contribution in [0, 0.1) is 5.92 Å². The van der Waals surface area contributed by atoms with Crippen LogP contribution in [-0.2, 0) is 13.1 Å². The first-order chi connectivity index (χ1) is 10.2. The molecule has 0 fully saturated rings. The summed E-state index contributed by atoms with van der Waals surface area (Å²) >= 11 is 0. The first-order valence-corrected chi connectivity index (χ1v) is 8.55. The minimum Gasteiger partial charge on any atom is -0.311 e. The molecular weight excluding hydrogens is 262 g/mol. The first kappa shape index (κ1) is 18.1. The van der Waals surface area contributed by atoms with Crippen LogP contribution < -0.4 is 5.32 Å². The second kappa shape index (κ2) is 10.7. The summed E-state index contributed by atoms with van der Waals surface area (Å²) in [6.07, 6.45) is 5.75. The Morgan fingerprint density at radius 1 is 1.24 bits per heavy atom. The summed E-state index contributed by atoms with van der Waals surface area (Å²) in [6.45, 7) is 15.1. The molecule has 5 nitrogen and oxygen atoms in total. The van der Waals surface area contributed by atoms with Crippen LogP contribution in [-0.4, -0.2) is 46.1 Å². The number of rotatable bonds is 12. The van der Waals surface area contributed by atoms with Gasteiger partial charge in [0, 0.05) is 25.8 Å². The predicted molar refractivity (Wildman–Crippen MR) is 88.2 cm³/mol. The highest BCUT2D eigenvalue weighted by Gasteiger charge is 2.10. The van der Waals surface area contributed by atoms with Gasteiger partial charge in [0.25, 0.3) is 0 Å². The Balaban J connectivity index is 2.35. The Hall–Kier alpha value is -0.940. The van der Waals surface area contributed by atoms with Crippen molar-refractivity contribution in [2.75, 3.05) is 26.2 Å². The van der Waals surface area contributed by atoms with Crippen molar-refractivity contribution in [3.8, 4) is 0 Å². The Morgan fingerprint density at radius 3 is 2.62 bits per heavy atom. The van der Waals surface area contributed by atoms with Crippen LogP contribution in [0.3, 0.4) is 0 Å². The van der Waals surface area contributed by atoms with E-state index in [1.165, 1.54) is 19.4 Å². The van der Waals surface area contributed by atoms with Gasteiger partial charge in [-0.1, -0.05) is 45.7 Å². The van der Waals surface area contributed by atoms with Crippen LogP contribution in [0.15, 0.2) is 6.20 Å². The number of aromatic nitrogens is 3. The van der Waals surface area contributed by atoms with Crippen LogP contribution in [0.25, 0.3) is 0 Å². The lowest BCUT2D eigenvalue weighted by Crippen LogP contribution is -2.32. The maximum absolute atomic E-state index is 4.22. The molecule has 1 heterocycles. The molecule has 21 heavy (non-hydrogen) atoms. The van der Waals surface area contributed by atoms with Gasteiger partial charge in [0.05, 0.1) is 12.2 Å². The van der Waals surface area contributed by atoms with Gasteiger partial charge in [-0.05, 0) is 25.4 Å². The molecule has 0 atom stereocenters. The van der Waals surface area contributed by atoms with Gasteiger partial charge in [0.15, 0.2) is 0 Å². The average Bonchev–Trinajstić information content (AvgIpc) is 2.96. The van der Waals surface area contributed by atoms with Crippen molar-refractivity contribution in [2.24, 2.45) is 5.92 Å². The second-order valence-corrected chi connectivity index (χ2v) is 5.73. The lowest BCUT2D eigenvalue weighted by molar-refractivity contribution is 0.222. The van der Waals surface area contributed by atoms with Crippen LogP contribution >= 0.6 is 0 Å². The van der Waals surface area contributed by atoms with E-state index in [1.54, 1.807) is 0 Å². The van der Waals surface area contributed by atoms with E-state index in [-0.39, 0.29) is 0 Å². The molecule has 5 heteroatoms. The summed E-state index contributed by atoms with van der Waals surface area (Å²) in [6, 6.07) is 0. The van der Waals surface area contributed by atoms with E-state index in [0.717, 1.165) is 50.8 Å². The molecule has 122 valence electrons. The molecule has 0 bridgehead atoms. The molecule has 0 saturated heterocycles. The number of nitrogens with one attached hydrogen (secondary N) is 1. The third-order valence-electron chi connectivity index (χ3n) is 4.08. The summed E-state index contributed by atoms with van der Waals surface area (Å²) in [7, 11) is 0. The van der Waals surface area contributed by atoms with Crippen molar-refractivity contribution in [2.45, 2.75) is 60.0 Å². The molecular formula is C16H33N5. The summed E-state index contributed by atoms with van der Waals surface area (Å²) in [5, 5.41) is 11.8. The SMILES string of the molecule is CCCNCc1cn(CCN(CC)CC(CC)CC)nn1. The van der Waals surface area contributed by atoms with Gasteiger partial charge in [-0.2, -0.15) is 0 Å². The minimum absolute atomic E-state index is 0.814. The van der Waals surface area contributed by atoms with Crippen molar-refractivity contribution in [1.29, 1.82) is 0 Å². The van der Waals surface area contributed by atoms with Gasteiger partial charge in [-0.25, -0.2) is 0 Å². The molecule has 1 aromatic rings. The maximum Gasteiger partial charge on any atom is 0.0964 e. The van der Waals surface area contributed by atoms with Crippen molar-refractivity contribution in [3.63, 3.8) is 0 Å². The van der Waals surface area contributed by atoms with Crippen molar-refractivity contribution < 1.29 is 0 Å². The fourth-order valence-corrected chi connectivity index (χ4v) is 2.46. The molecule has 0 aliphatic heterocycles. The molecule has 0 aliphatic rings. The van der Waals surface area contributed by atoms with E-state index in [4.69, 9.17) is 0 Å². The zero-order chi connectivity index (χ0) is 15.5. The van der Waals surface area contributed by atoms with Crippen LogP contribution in [0.2, 0.25) is 0 Å². The number of hydrogen-bond donors (Lipinski definition) is 1.